The smallest absolute Gasteiger partial charge is 0.339 e. The van der Waals surface area contributed by atoms with E-state index >= 15 is 0 Å². The number of carbonyl (C=O) groups excluding carboxylic acids is 1. The molecular weight excluding hydrogens is 292 g/mol. The molecule has 0 fully saturated rings. The molecule has 0 aliphatic carbocycles. The zero-order valence-corrected chi connectivity index (χ0v) is 14.6. The first-order valence-electron chi connectivity index (χ1n) is 7.84. The van der Waals surface area contributed by atoms with E-state index in [1.54, 1.807) is 13.2 Å². The van der Waals surface area contributed by atoms with Crippen LogP contribution in [0.5, 0.6) is 5.75 Å². The fourth-order valence-electron chi connectivity index (χ4n) is 2.20. The van der Waals surface area contributed by atoms with E-state index < -0.39 is 5.97 Å². The normalized spacial score (nSPS) is 10.2. The van der Waals surface area contributed by atoms with Gasteiger partial charge in [-0.2, -0.15) is 0 Å². The van der Waals surface area contributed by atoms with Crippen molar-refractivity contribution in [3.05, 3.63) is 36.0 Å². The molecule has 0 unspecified atom stereocenters. The molecule has 0 saturated carbocycles. The highest BCUT2D eigenvalue weighted by Crippen LogP contribution is 2.23. The van der Waals surface area contributed by atoms with Gasteiger partial charge in [-0.1, -0.05) is 32.9 Å². The lowest BCUT2D eigenvalue weighted by atomic mass is 10.1. The van der Waals surface area contributed by atoms with E-state index in [0.29, 0.717) is 11.3 Å². The Kier molecular flexibility index (Phi) is 8.05. The van der Waals surface area contributed by atoms with Crippen LogP contribution in [0.15, 0.2) is 30.5 Å². The zero-order chi connectivity index (χ0) is 17.2. The second-order valence-electron chi connectivity index (χ2n) is 4.87. The van der Waals surface area contributed by atoms with Crippen molar-refractivity contribution in [2.45, 2.75) is 20.8 Å². The fourth-order valence-corrected chi connectivity index (χ4v) is 2.20. The Morgan fingerprint density at radius 2 is 1.78 bits per heavy atom. The van der Waals surface area contributed by atoms with Crippen molar-refractivity contribution in [3.8, 4) is 5.75 Å². The lowest BCUT2D eigenvalue weighted by Crippen LogP contribution is -2.21. The number of methoxy groups -OCH3 is 2. The summed E-state index contributed by atoms with van der Waals surface area (Å²) in [6.07, 6.45) is 1.48. The van der Waals surface area contributed by atoms with Crippen LogP contribution in [0.3, 0.4) is 0 Å². The topological polar surface area (TPSA) is 51.7 Å². The number of benzene rings is 1. The Labute approximate surface area is 138 Å². The van der Waals surface area contributed by atoms with Gasteiger partial charge in [-0.3, -0.25) is 4.98 Å². The Morgan fingerprint density at radius 1 is 1.13 bits per heavy atom. The summed E-state index contributed by atoms with van der Waals surface area (Å²) in [5.74, 6) is 0.297. The van der Waals surface area contributed by atoms with Crippen molar-refractivity contribution in [1.29, 1.82) is 0 Å². The molecule has 0 radical (unpaired) electrons. The fraction of sp³-hybridized carbons (Fsp3) is 0.444. The van der Waals surface area contributed by atoms with Crippen LogP contribution in [0.1, 0.15) is 31.1 Å². The van der Waals surface area contributed by atoms with Crippen molar-refractivity contribution >= 4 is 16.9 Å². The lowest BCUT2D eigenvalue weighted by Gasteiger charge is -2.13. The Bertz CT molecular complexity index is 619. The average Bonchev–Trinajstić information content (AvgIpc) is 2.62. The van der Waals surface area contributed by atoms with Crippen LogP contribution in [0.2, 0.25) is 0 Å². The summed E-state index contributed by atoms with van der Waals surface area (Å²) >= 11 is 0. The molecule has 23 heavy (non-hydrogen) atoms. The van der Waals surface area contributed by atoms with Gasteiger partial charge >= 0.3 is 5.97 Å². The Balaban J connectivity index is 0.000000322. The molecule has 1 heterocycles. The maximum atomic E-state index is 11.3. The summed E-state index contributed by atoms with van der Waals surface area (Å²) in [6, 6.07) is 7.28. The van der Waals surface area contributed by atoms with Crippen LogP contribution in [-0.4, -0.2) is 49.7 Å². The van der Waals surface area contributed by atoms with E-state index in [4.69, 9.17) is 4.74 Å². The molecule has 2 aromatic rings. The maximum Gasteiger partial charge on any atom is 0.339 e. The van der Waals surface area contributed by atoms with Gasteiger partial charge in [0.25, 0.3) is 0 Å². The predicted molar refractivity (Wildman–Crippen MR) is 93.1 cm³/mol. The van der Waals surface area contributed by atoms with Crippen LogP contribution in [-0.2, 0) is 4.74 Å². The molecule has 0 N–H and O–H groups in total. The summed E-state index contributed by atoms with van der Waals surface area (Å²) in [6.45, 7) is 10.1. The number of fused-ring (bicyclic) bond motifs is 1. The van der Waals surface area contributed by atoms with E-state index in [1.807, 2.05) is 18.2 Å². The second-order valence-corrected chi connectivity index (χ2v) is 4.87. The van der Waals surface area contributed by atoms with Crippen molar-refractivity contribution in [2.24, 2.45) is 0 Å². The number of carbonyl (C=O) groups is 1. The molecule has 126 valence electrons. The van der Waals surface area contributed by atoms with Crippen LogP contribution in [0, 0.1) is 0 Å². The largest absolute Gasteiger partial charge is 0.494 e. The third kappa shape index (κ3) is 5.21. The quantitative estimate of drug-likeness (QED) is 0.791. The minimum Gasteiger partial charge on any atom is -0.494 e. The number of nitrogens with zero attached hydrogens (tertiary/aromatic N) is 2. The van der Waals surface area contributed by atoms with E-state index in [0.717, 1.165) is 10.9 Å². The van der Waals surface area contributed by atoms with Gasteiger partial charge in [-0.25, -0.2) is 4.79 Å². The molecule has 0 aliphatic heterocycles. The highest BCUT2D eigenvalue weighted by atomic mass is 16.5. The van der Waals surface area contributed by atoms with Gasteiger partial charge in [0.1, 0.15) is 11.3 Å². The van der Waals surface area contributed by atoms with E-state index in [9.17, 15) is 4.79 Å². The molecule has 0 amide bonds. The maximum absolute atomic E-state index is 11.3. The molecule has 1 aromatic carbocycles. The highest BCUT2D eigenvalue weighted by Gasteiger charge is 2.08. The number of ether oxygens (including phenoxy) is 2. The molecular formula is C18H26N2O3. The van der Waals surface area contributed by atoms with Gasteiger partial charge in [-0.15, -0.1) is 0 Å². The van der Waals surface area contributed by atoms with Crippen LogP contribution < -0.4 is 4.74 Å². The van der Waals surface area contributed by atoms with Gasteiger partial charge in [0.05, 0.1) is 19.8 Å². The minimum atomic E-state index is -0.391. The SMILES string of the molecule is CCN(CC)CC.COC(=O)c1cnc2c(OC)cccc2c1. The number of aromatic nitrogens is 1. The van der Waals surface area contributed by atoms with Gasteiger partial charge in [-0.05, 0) is 31.8 Å². The first-order valence-corrected chi connectivity index (χ1v) is 7.84. The van der Waals surface area contributed by atoms with Crippen molar-refractivity contribution < 1.29 is 14.3 Å². The van der Waals surface area contributed by atoms with Crippen molar-refractivity contribution in [3.63, 3.8) is 0 Å². The third-order valence-corrected chi connectivity index (χ3v) is 3.66. The molecule has 0 spiro atoms. The standard InChI is InChI=1S/C12H11NO3.C6H15N/c1-15-10-5-3-4-8-6-9(12(14)16-2)7-13-11(8)10;1-4-7(5-2)6-3/h3-7H,1-2H3;4-6H2,1-3H3. The van der Waals surface area contributed by atoms with Gasteiger partial charge in [0.15, 0.2) is 0 Å². The van der Waals surface area contributed by atoms with Crippen molar-refractivity contribution in [1.82, 2.24) is 9.88 Å². The molecule has 2 rings (SSSR count). The minimum absolute atomic E-state index is 0.391. The lowest BCUT2D eigenvalue weighted by molar-refractivity contribution is 0.0600. The van der Waals surface area contributed by atoms with E-state index in [1.165, 1.54) is 32.9 Å². The van der Waals surface area contributed by atoms with E-state index in [-0.39, 0.29) is 0 Å². The van der Waals surface area contributed by atoms with Crippen molar-refractivity contribution in [2.75, 3.05) is 33.9 Å². The van der Waals surface area contributed by atoms with Gasteiger partial charge < -0.3 is 14.4 Å². The van der Waals surface area contributed by atoms with Crippen LogP contribution in [0.25, 0.3) is 10.9 Å². The number of pyridine rings is 1. The summed E-state index contributed by atoms with van der Waals surface area (Å²) in [5.41, 5.74) is 1.17. The number of para-hydroxylation sites is 1. The Morgan fingerprint density at radius 3 is 2.26 bits per heavy atom. The molecule has 0 saturated heterocycles. The molecule has 0 atom stereocenters. The van der Waals surface area contributed by atoms with Gasteiger partial charge in [0.2, 0.25) is 0 Å². The number of hydrogen-bond donors (Lipinski definition) is 0. The monoisotopic (exact) mass is 318 g/mol. The molecule has 5 nitrogen and oxygen atoms in total. The first kappa shape index (κ1) is 18.9. The summed E-state index contributed by atoms with van der Waals surface area (Å²) in [5, 5.41) is 0.849. The molecule has 5 heteroatoms. The zero-order valence-electron chi connectivity index (χ0n) is 14.6. The Hall–Kier alpha value is -2.14. The number of esters is 1. The molecule has 0 aliphatic rings. The van der Waals surface area contributed by atoms with Gasteiger partial charge in [0, 0.05) is 11.6 Å². The third-order valence-electron chi connectivity index (χ3n) is 3.66. The molecule has 1 aromatic heterocycles. The van der Waals surface area contributed by atoms with Crippen LogP contribution >= 0.6 is 0 Å². The van der Waals surface area contributed by atoms with Crippen LogP contribution in [0.4, 0.5) is 0 Å². The average molecular weight is 318 g/mol. The molecule has 0 bridgehead atoms. The second kappa shape index (κ2) is 9.79. The summed E-state index contributed by atoms with van der Waals surface area (Å²) in [7, 11) is 2.93. The number of rotatable bonds is 5. The summed E-state index contributed by atoms with van der Waals surface area (Å²) in [4.78, 5) is 17.9. The van der Waals surface area contributed by atoms with E-state index in [2.05, 4.69) is 35.4 Å². The predicted octanol–water partition coefficient (Wildman–Crippen LogP) is 3.38. The first-order chi connectivity index (χ1) is 11.1. The highest BCUT2D eigenvalue weighted by molar-refractivity contribution is 5.94. The summed E-state index contributed by atoms with van der Waals surface area (Å²) < 4.78 is 9.81. The number of hydrogen-bond acceptors (Lipinski definition) is 5.